The normalized spacial score (nSPS) is 10.8. The van der Waals surface area contributed by atoms with Crippen molar-refractivity contribution in [3.8, 4) is 11.8 Å². The Morgan fingerprint density at radius 1 is 1.44 bits per heavy atom. The maximum atomic E-state index is 11.2. The van der Waals surface area contributed by atoms with Crippen LogP contribution in [-0.2, 0) is 9.53 Å². The highest BCUT2D eigenvalue weighted by molar-refractivity contribution is 5.89. The van der Waals surface area contributed by atoms with Crippen LogP contribution in [-0.4, -0.2) is 46.9 Å². The third-order valence-electron chi connectivity index (χ3n) is 2.92. The number of aromatic amines is 1. The van der Waals surface area contributed by atoms with E-state index in [4.69, 9.17) is 9.47 Å². The summed E-state index contributed by atoms with van der Waals surface area (Å²) in [6.07, 6.45) is 1.43. The van der Waals surface area contributed by atoms with Gasteiger partial charge < -0.3 is 20.1 Å². The lowest BCUT2D eigenvalue weighted by Gasteiger charge is -2.13. The minimum atomic E-state index is -0.195. The van der Waals surface area contributed by atoms with Gasteiger partial charge in [-0.3, -0.25) is 4.79 Å². The topological polar surface area (TPSA) is 138 Å². The van der Waals surface area contributed by atoms with E-state index in [9.17, 15) is 10.1 Å². The first-order valence-electron chi connectivity index (χ1n) is 7.28. The second-order valence-corrected chi connectivity index (χ2v) is 4.78. The Hall–Kier alpha value is -3.45. The molecule has 0 saturated heterocycles. The van der Waals surface area contributed by atoms with E-state index in [1.807, 2.05) is 6.07 Å². The van der Waals surface area contributed by atoms with Crippen LogP contribution < -0.4 is 15.4 Å². The summed E-state index contributed by atoms with van der Waals surface area (Å²) in [5, 5.41) is 28.1. The van der Waals surface area contributed by atoms with Gasteiger partial charge in [0.2, 0.25) is 11.7 Å². The molecule has 0 spiro atoms. The summed E-state index contributed by atoms with van der Waals surface area (Å²) in [5.74, 6) is 0.502. The molecule has 0 bridgehead atoms. The molecule has 0 aliphatic rings. The fourth-order valence-electron chi connectivity index (χ4n) is 1.86. The molecule has 130 valence electrons. The van der Waals surface area contributed by atoms with E-state index in [0.717, 1.165) is 0 Å². The SMILES string of the molecule is COCCOc1ccc(NC(C)=O)cc1NC=C(C#N)c1nn[nH]n1. The minimum Gasteiger partial charge on any atom is -0.489 e. The lowest BCUT2D eigenvalue weighted by Crippen LogP contribution is -2.08. The highest BCUT2D eigenvalue weighted by Crippen LogP contribution is 2.28. The molecular formula is C15H17N7O3. The van der Waals surface area contributed by atoms with E-state index in [0.29, 0.717) is 30.3 Å². The predicted octanol–water partition coefficient (Wildman–Crippen LogP) is 1.16. The van der Waals surface area contributed by atoms with Crippen LogP contribution in [0.1, 0.15) is 12.7 Å². The molecular weight excluding hydrogens is 326 g/mol. The van der Waals surface area contributed by atoms with Crippen molar-refractivity contribution in [2.75, 3.05) is 31.0 Å². The molecule has 2 rings (SSSR count). The lowest BCUT2D eigenvalue weighted by atomic mass is 10.2. The molecule has 0 aliphatic heterocycles. The first-order chi connectivity index (χ1) is 12.1. The van der Waals surface area contributed by atoms with Crippen molar-refractivity contribution in [2.24, 2.45) is 0 Å². The number of methoxy groups -OCH3 is 1. The van der Waals surface area contributed by atoms with Crippen molar-refractivity contribution in [1.82, 2.24) is 20.6 Å². The standard InChI is InChI=1S/C15H17N7O3/c1-10(23)18-12-3-4-14(25-6-5-24-2)13(7-12)17-9-11(8-16)15-19-21-22-20-15/h3-4,7,9,17H,5-6H2,1-2H3,(H,18,23)(H,19,20,21,22). The average Bonchev–Trinajstić information content (AvgIpc) is 3.11. The van der Waals surface area contributed by atoms with Gasteiger partial charge in [-0.1, -0.05) is 0 Å². The summed E-state index contributed by atoms with van der Waals surface area (Å²) < 4.78 is 10.6. The third kappa shape index (κ3) is 5.29. The Labute approximate surface area is 143 Å². The van der Waals surface area contributed by atoms with Crippen LogP contribution in [0, 0.1) is 11.3 Å². The number of aromatic nitrogens is 4. The van der Waals surface area contributed by atoms with Crippen molar-refractivity contribution in [3.63, 3.8) is 0 Å². The van der Waals surface area contributed by atoms with Crippen LogP contribution >= 0.6 is 0 Å². The number of amides is 1. The van der Waals surface area contributed by atoms with Gasteiger partial charge in [0, 0.05) is 25.9 Å². The highest BCUT2D eigenvalue weighted by atomic mass is 16.5. The Morgan fingerprint density at radius 2 is 2.28 bits per heavy atom. The summed E-state index contributed by atoms with van der Waals surface area (Å²) in [6, 6.07) is 7.08. The zero-order valence-electron chi connectivity index (χ0n) is 13.7. The van der Waals surface area contributed by atoms with E-state index < -0.39 is 0 Å². The van der Waals surface area contributed by atoms with Crippen LogP contribution in [0.4, 0.5) is 11.4 Å². The van der Waals surface area contributed by atoms with Crippen molar-refractivity contribution in [3.05, 3.63) is 30.2 Å². The van der Waals surface area contributed by atoms with Gasteiger partial charge in [-0.05, 0) is 23.4 Å². The molecule has 3 N–H and O–H groups in total. The summed E-state index contributed by atoms with van der Waals surface area (Å²) in [7, 11) is 1.58. The van der Waals surface area contributed by atoms with Crippen LogP contribution in [0.3, 0.4) is 0 Å². The fraction of sp³-hybridized carbons (Fsp3) is 0.267. The van der Waals surface area contributed by atoms with Crippen molar-refractivity contribution >= 4 is 22.9 Å². The number of nitriles is 1. The van der Waals surface area contributed by atoms with Crippen LogP contribution in [0.15, 0.2) is 24.4 Å². The van der Waals surface area contributed by atoms with Crippen LogP contribution in [0.2, 0.25) is 0 Å². The van der Waals surface area contributed by atoms with Gasteiger partial charge in [0.25, 0.3) is 0 Å². The van der Waals surface area contributed by atoms with Gasteiger partial charge in [0.15, 0.2) is 0 Å². The Morgan fingerprint density at radius 3 is 2.92 bits per heavy atom. The third-order valence-corrected chi connectivity index (χ3v) is 2.92. The molecule has 0 saturated carbocycles. The molecule has 0 radical (unpaired) electrons. The Kier molecular flexibility index (Phi) is 6.44. The van der Waals surface area contributed by atoms with Gasteiger partial charge in [-0.15, -0.1) is 10.2 Å². The smallest absolute Gasteiger partial charge is 0.221 e. The minimum absolute atomic E-state index is 0.162. The van der Waals surface area contributed by atoms with E-state index >= 15 is 0 Å². The number of H-pyrrole nitrogens is 1. The number of benzene rings is 1. The highest BCUT2D eigenvalue weighted by Gasteiger charge is 2.09. The zero-order chi connectivity index (χ0) is 18.1. The number of tetrazole rings is 1. The van der Waals surface area contributed by atoms with Crippen molar-refractivity contribution < 1.29 is 14.3 Å². The number of carbonyl (C=O) groups is 1. The van der Waals surface area contributed by atoms with Gasteiger partial charge in [-0.2, -0.15) is 10.5 Å². The number of nitrogens with one attached hydrogen (secondary N) is 3. The monoisotopic (exact) mass is 343 g/mol. The second kappa shape index (κ2) is 8.99. The molecule has 10 heteroatoms. The number of nitrogens with zero attached hydrogens (tertiary/aromatic N) is 4. The Bertz CT molecular complexity index is 781. The van der Waals surface area contributed by atoms with Gasteiger partial charge in [0.05, 0.1) is 12.3 Å². The first kappa shape index (κ1) is 17.9. The quantitative estimate of drug-likeness (QED) is 0.479. The molecule has 10 nitrogen and oxygen atoms in total. The van der Waals surface area contributed by atoms with Gasteiger partial charge in [0.1, 0.15) is 24.0 Å². The largest absolute Gasteiger partial charge is 0.489 e. The van der Waals surface area contributed by atoms with Crippen molar-refractivity contribution in [1.29, 1.82) is 5.26 Å². The maximum absolute atomic E-state index is 11.2. The average molecular weight is 343 g/mol. The van der Waals surface area contributed by atoms with Crippen LogP contribution in [0.25, 0.3) is 5.57 Å². The van der Waals surface area contributed by atoms with E-state index in [1.54, 1.807) is 25.3 Å². The van der Waals surface area contributed by atoms with Gasteiger partial charge in [-0.25, -0.2) is 0 Å². The molecule has 1 amide bonds. The molecule has 0 atom stereocenters. The number of hydrogen-bond acceptors (Lipinski definition) is 8. The number of carbonyl (C=O) groups excluding carboxylic acids is 1. The van der Waals surface area contributed by atoms with E-state index in [2.05, 4.69) is 31.3 Å². The van der Waals surface area contributed by atoms with Crippen LogP contribution in [0.5, 0.6) is 5.75 Å². The molecule has 0 fully saturated rings. The Balaban J connectivity index is 2.25. The first-order valence-corrected chi connectivity index (χ1v) is 7.28. The molecule has 2 aromatic rings. The van der Waals surface area contributed by atoms with E-state index in [1.165, 1.54) is 13.1 Å². The summed E-state index contributed by atoms with van der Waals surface area (Å²) >= 11 is 0. The maximum Gasteiger partial charge on any atom is 0.221 e. The number of hydrogen-bond donors (Lipinski definition) is 3. The van der Waals surface area contributed by atoms with Crippen molar-refractivity contribution in [2.45, 2.75) is 6.92 Å². The molecule has 1 aromatic carbocycles. The molecule has 25 heavy (non-hydrogen) atoms. The molecule has 0 unspecified atom stereocenters. The lowest BCUT2D eigenvalue weighted by molar-refractivity contribution is -0.114. The summed E-state index contributed by atoms with van der Waals surface area (Å²) in [6.45, 7) is 2.19. The second-order valence-electron chi connectivity index (χ2n) is 4.78. The molecule has 1 heterocycles. The number of allylic oxidation sites excluding steroid dienone is 1. The van der Waals surface area contributed by atoms with E-state index in [-0.39, 0.29) is 17.3 Å². The summed E-state index contributed by atoms with van der Waals surface area (Å²) in [4.78, 5) is 11.2. The summed E-state index contributed by atoms with van der Waals surface area (Å²) in [5.41, 5.74) is 1.32. The van der Waals surface area contributed by atoms with Gasteiger partial charge >= 0.3 is 0 Å². The molecule has 1 aromatic heterocycles. The molecule has 0 aliphatic carbocycles. The number of rotatable bonds is 8. The predicted molar refractivity (Wildman–Crippen MR) is 89.5 cm³/mol. The fourth-order valence-corrected chi connectivity index (χ4v) is 1.86. The number of anilines is 2. The zero-order valence-corrected chi connectivity index (χ0v) is 13.7. The number of ether oxygens (including phenoxy) is 2.